The Morgan fingerprint density at radius 1 is 1.14 bits per heavy atom. The largest absolute Gasteiger partial charge is 0.263 e. The van der Waals surface area contributed by atoms with E-state index in [1.54, 1.807) is 31.2 Å². The lowest BCUT2D eigenvalue weighted by molar-refractivity contribution is 0.398. The number of benzene rings is 1. The predicted molar refractivity (Wildman–Crippen MR) is 84.1 cm³/mol. The molecule has 0 amide bonds. The maximum atomic E-state index is 12.6. The molecule has 0 bridgehead atoms. The Morgan fingerprint density at radius 2 is 1.76 bits per heavy atom. The number of pyridine rings is 1. The first-order chi connectivity index (χ1) is 9.84. The molecule has 0 spiro atoms. The zero-order chi connectivity index (χ0) is 15.6. The van der Waals surface area contributed by atoms with Gasteiger partial charge in [-0.15, -0.1) is 0 Å². The molecule has 4 nitrogen and oxygen atoms in total. The first-order valence-corrected chi connectivity index (χ1v) is 8.36. The van der Waals surface area contributed by atoms with E-state index in [9.17, 15) is 8.42 Å². The van der Waals surface area contributed by atoms with Gasteiger partial charge in [0.2, 0.25) is 10.0 Å². The molecule has 2 rings (SSSR count). The molecule has 7 heteroatoms. The van der Waals surface area contributed by atoms with Crippen molar-refractivity contribution in [1.82, 2.24) is 9.29 Å². The molecule has 0 aliphatic rings. The van der Waals surface area contributed by atoms with Crippen LogP contribution in [0.25, 0.3) is 0 Å². The quantitative estimate of drug-likeness (QED) is 0.848. The number of sulfonamides is 1. The smallest absolute Gasteiger partial charge is 0.246 e. The van der Waals surface area contributed by atoms with E-state index in [4.69, 9.17) is 23.2 Å². The molecule has 0 fully saturated rings. The van der Waals surface area contributed by atoms with Gasteiger partial charge in [0.25, 0.3) is 0 Å². The summed E-state index contributed by atoms with van der Waals surface area (Å²) in [6.45, 7) is 1.80. The van der Waals surface area contributed by atoms with Crippen LogP contribution in [-0.2, 0) is 10.0 Å². The van der Waals surface area contributed by atoms with Gasteiger partial charge in [-0.2, -0.15) is 4.31 Å². The molecule has 0 saturated heterocycles. The molecule has 2 aromatic rings. The number of nitrogens with zero attached hydrogens (tertiary/aromatic N) is 2. The van der Waals surface area contributed by atoms with Crippen LogP contribution in [0.2, 0.25) is 10.0 Å². The van der Waals surface area contributed by atoms with Gasteiger partial charge in [0.1, 0.15) is 4.90 Å². The molecular formula is C14H14Cl2N2O2S. The third kappa shape index (κ3) is 3.37. The fourth-order valence-corrected chi connectivity index (χ4v) is 3.75. The Balaban J connectivity index is 2.36. The van der Waals surface area contributed by atoms with Crippen molar-refractivity contribution < 1.29 is 8.42 Å². The first-order valence-electron chi connectivity index (χ1n) is 6.17. The van der Waals surface area contributed by atoms with Gasteiger partial charge in [-0.1, -0.05) is 35.3 Å². The maximum Gasteiger partial charge on any atom is 0.246 e. The minimum atomic E-state index is -3.72. The van der Waals surface area contributed by atoms with Gasteiger partial charge >= 0.3 is 0 Å². The molecule has 1 unspecified atom stereocenters. The van der Waals surface area contributed by atoms with E-state index in [2.05, 4.69) is 4.98 Å². The normalized spacial score (nSPS) is 13.4. The monoisotopic (exact) mass is 344 g/mol. The highest BCUT2D eigenvalue weighted by Gasteiger charge is 2.28. The summed E-state index contributed by atoms with van der Waals surface area (Å²) < 4.78 is 26.5. The lowest BCUT2D eigenvalue weighted by atomic mass is 10.1. The Morgan fingerprint density at radius 3 is 2.33 bits per heavy atom. The molecule has 0 aliphatic carbocycles. The number of hydrogen-bond acceptors (Lipinski definition) is 3. The van der Waals surface area contributed by atoms with E-state index in [0.29, 0.717) is 5.02 Å². The Kier molecular flexibility index (Phi) is 4.88. The van der Waals surface area contributed by atoms with E-state index in [0.717, 1.165) is 5.56 Å². The van der Waals surface area contributed by atoms with Crippen LogP contribution in [0.15, 0.2) is 47.6 Å². The van der Waals surface area contributed by atoms with Crippen LogP contribution in [0.1, 0.15) is 18.5 Å². The minimum Gasteiger partial charge on any atom is -0.263 e. The van der Waals surface area contributed by atoms with Crippen LogP contribution in [0.4, 0.5) is 0 Å². The molecule has 1 heterocycles. The van der Waals surface area contributed by atoms with Gasteiger partial charge in [0.15, 0.2) is 0 Å². The van der Waals surface area contributed by atoms with E-state index in [-0.39, 0.29) is 16.0 Å². The van der Waals surface area contributed by atoms with Crippen molar-refractivity contribution >= 4 is 33.2 Å². The van der Waals surface area contributed by atoms with Crippen molar-refractivity contribution in [1.29, 1.82) is 0 Å². The Hall–Kier alpha value is -1.14. The molecule has 112 valence electrons. The van der Waals surface area contributed by atoms with Crippen molar-refractivity contribution in [2.45, 2.75) is 17.9 Å². The van der Waals surface area contributed by atoms with Crippen LogP contribution in [0.5, 0.6) is 0 Å². The first kappa shape index (κ1) is 16.2. The lowest BCUT2D eigenvalue weighted by Gasteiger charge is -2.25. The number of halogens is 2. The summed E-state index contributed by atoms with van der Waals surface area (Å²) in [5.74, 6) is 0. The second-order valence-electron chi connectivity index (χ2n) is 4.55. The van der Waals surface area contributed by atoms with Crippen LogP contribution in [-0.4, -0.2) is 24.8 Å². The molecule has 21 heavy (non-hydrogen) atoms. The molecule has 0 N–H and O–H groups in total. The minimum absolute atomic E-state index is 0.00465. The Bertz CT molecular complexity index is 733. The molecule has 1 atom stereocenters. The maximum absolute atomic E-state index is 12.6. The second-order valence-corrected chi connectivity index (χ2v) is 7.36. The molecular weight excluding hydrogens is 331 g/mol. The molecule has 0 saturated carbocycles. The average molecular weight is 345 g/mol. The van der Waals surface area contributed by atoms with E-state index in [1.807, 2.05) is 0 Å². The van der Waals surface area contributed by atoms with Crippen molar-refractivity contribution in [3.05, 3.63) is 58.3 Å². The summed E-state index contributed by atoms with van der Waals surface area (Å²) in [5, 5.41) is 0.756. The van der Waals surface area contributed by atoms with E-state index < -0.39 is 10.0 Å². The summed E-state index contributed by atoms with van der Waals surface area (Å²) >= 11 is 11.8. The van der Waals surface area contributed by atoms with Crippen LogP contribution >= 0.6 is 23.2 Å². The van der Waals surface area contributed by atoms with Gasteiger partial charge in [-0.25, -0.2) is 8.42 Å². The second kappa shape index (κ2) is 6.32. The van der Waals surface area contributed by atoms with Gasteiger partial charge in [0.05, 0.1) is 5.02 Å². The molecule has 0 radical (unpaired) electrons. The summed E-state index contributed by atoms with van der Waals surface area (Å²) in [6, 6.07) is 8.14. The lowest BCUT2D eigenvalue weighted by Crippen LogP contribution is -2.30. The summed E-state index contributed by atoms with van der Waals surface area (Å²) in [6.07, 6.45) is 2.70. The SMILES string of the molecule is CC(c1ccc(Cl)cc1)N(C)S(=O)(=O)c1cnccc1Cl. The fourth-order valence-electron chi connectivity index (χ4n) is 1.87. The van der Waals surface area contributed by atoms with Crippen LogP contribution in [0.3, 0.4) is 0 Å². The van der Waals surface area contributed by atoms with Crippen LogP contribution in [0, 0.1) is 0 Å². The van der Waals surface area contributed by atoms with E-state index in [1.165, 1.54) is 29.8 Å². The molecule has 0 aliphatic heterocycles. The van der Waals surface area contributed by atoms with Crippen molar-refractivity contribution in [2.24, 2.45) is 0 Å². The molecule has 1 aromatic carbocycles. The van der Waals surface area contributed by atoms with Gasteiger partial charge in [0, 0.05) is 30.5 Å². The number of aromatic nitrogens is 1. The predicted octanol–water partition coefficient (Wildman–Crippen LogP) is 3.77. The number of hydrogen-bond donors (Lipinski definition) is 0. The highest BCUT2D eigenvalue weighted by Crippen LogP contribution is 2.29. The van der Waals surface area contributed by atoms with E-state index >= 15 is 0 Å². The Labute approximate surface area is 134 Å². The average Bonchev–Trinajstić information content (AvgIpc) is 2.46. The molecule has 1 aromatic heterocycles. The summed E-state index contributed by atoms with van der Waals surface area (Å²) in [4.78, 5) is 3.83. The van der Waals surface area contributed by atoms with Crippen LogP contribution < -0.4 is 0 Å². The van der Waals surface area contributed by atoms with Crippen molar-refractivity contribution in [3.63, 3.8) is 0 Å². The fraction of sp³-hybridized carbons (Fsp3) is 0.214. The third-order valence-electron chi connectivity index (χ3n) is 3.29. The zero-order valence-corrected chi connectivity index (χ0v) is 13.8. The topological polar surface area (TPSA) is 50.3 Å². The zero-order valence-electron chi connectivity index (χ0n) is 11.5. The number of rotatable bonds is 4. The highest BCUT2D eigenvalue weighted by atomic mass is 35.5. The van der Waals surface area contributed by atoms with Gasteiger partial charge < -0.3 is 0 Å². The van der Waals surface area contributed by atoms with Gasteiger partial charge in [-0.3, -0.25) is 4.98 Å². The summed E-state index contributed by atoms with van der Waals surface area (Å²) in [5.41, 5.74) is 0.838. The summed E-state index contributed by atoms with van der Waals surface area (Å²) in [7, 11) is -2.21. The van der Waals surface area contributed by atoms with Gasteiger partial charge in [-0.05, 0) is 30.7 Å². The highest BCUT2D eigenvalue weighted by molar-refractivity contribution is 7.89. The standard InChI is InChI=1S/C14H14Cl2N2O2S/c1-10(11-3-5-12(15)6-4-11)18(2)21(19,20)14-9-17-8-7-13(14)16/h3-10H,1-2H3. The third-order valence-corrected chi connectivity index (χ3v) is 5.94. The van der Waals surface area contributed by atoms with Crippen molar-refractivity contribution in [3.8, 4) is 0 Å². The van der Waals surface area contributed by atoms with Crippen molar-refractivity contribution in [2.75, 3.05) is 7.05 Å².